The maximum absolute atomic E-state index is 5.81. The van der Waals surface area contributed by atoms with Crippen molar-refractivity contribution in [3.63, 3.8) is 0 Å². The number of benzene rings is 1. The van der Waals surface area contributed by atoms with Crippen LogP contribution in [-0.2, 0) is 13.1 Å². The summed E-state index contributed by atoms with van der Waals surface area (Å²) in [5.41, 5.74) is 4.42. The molecular weight excluding hydrogens is 402 g/mol. The lowest BCUT2D eigenvalue weighted by molar-refractivity contribution is 0.298. The first-order chi connectivity index (χ1) is 15.3. The molecule has 0 bridgehead atoms. The molecule has 4 heterocycles. The Hall–Kier alpha value is -3.51. The normalized spacial score (nSPS) is 18.2. The second kappa shape index (κ2) is 8.70. The molecule has 0 unspecified atom stereocenters. The van der Waals surface area contributed by atoms with Crippen LogP contribution in [0, 0.1) is 0 Å². The Kier molecular flexibility index (Phi) is 5.46. The molecule has 0 aliphatic carbocycles. The van der Waals surface area contributed by atoms with Gasteiger partial charge in [-0.3, -0.25) is 9.97 Å². The fourth-order valence-corrected chi connectivity index (χ4v) is 4.49. The van der Waals surface area contributed by atoms with Crippen LogP contribution in [0.15, 0.2) is 97.5 Å². The number of thiocarbonyl (C=S) groups is 1. The fourth-order valence-electron chi connectivity index (χ4n) is 4.18. The third-order valence-corrected chi connectivity index (χ3v) is 5.97. The average molecular weight is 426 g/mol. The number of nitrogens with one attached hydrogen (secondary N) is 1. The molecule has 1 aliphatic rings. The van der Waals surface area contributed by atoms with Gasteiger partial charge in [0.25, 0.3) is 0 Å². The molecule has 4 aromatic rings. The molecule has 1 saturated heterocycles. The van der Waals surface area contributed by atoms with E-state index < -0.39 is 0 Å². The highest BCUT2D eigenvalue weighted by atomic mass is 32.1. The van der Waals surface area contributed by atoms with E-state index in [0.29, 0.717) is 6.54 Å². The van der Waals surface area contributed by atoms with Crippen LogP contribution in [0.2, 0.25) is 0 Å². The minimum atomic E-state index is -0.0326. The van der Waals surface area contributed by atoms with Gasteiger partial charge in [0.2, 0.25) is 0 Å². The van der Waals surface area contributed by atoms with Crippen molar-refractivity contribution < 1.29 is 0 Å². The predicted molar refractivity (Wildman–Crippen MR) is 125 cm³/mol. The lowest BCUT2D eigenvalue weighted by Gasteiger charge is -2.29. The smallest absolute Gasteiger partial charge is 0.170 e. The molecule has 0 radical (unpaired) electrons. The average Bonchev–Trinajstić information content (AvgIpc) is 3.40. The van der Waals surface area contributed by atoms with E-state index in [-0.39, 0.29) is 12.1 Å². The standard InChI is InChI=1S/C25H23N5S/c31-25-28-23(21-12-5-7-15-27-21)24(30(25)17-19-9-2-1-3-10-19)22-13-8-16-29(22)18-20-11-4-6-14-26-20/h1-16,23-24H,17-18H2,(H,28,31)/t23-,24-/m1/s1. The Morgan fingerprint density at radius 3 is 2.32 bits per heavy atom. The molecule has 154 valence electrons. The molecule has 3 aromatic heterocycles. The Morgan fingerprint density at radius 1 is 0.806 bits per heavy atom. The van der Waals surface area contributed by atoms with Crippen molar-refractivity contribution in [1.29, 1.82) is 0 Å². The number of aromatic nitrogens is 3. The van der Waals surface area contributed by atoms with Crippen LogP contribution in [0.25, 0.3) is 0 Å². The summed E-state index contributed by atoms with van der Waals surface area (Å²) in [4.78, 5) is 11.4. The number of rotatable bonds is 6. The van der Waals surface area contributed by atoms with E-state index in [4.69, 9.17) is 12.2 Å². The fraction of sp³-hybridized carbons (Fsp3) is 0.160. The highest BCUT2D eigenvalue weighted by molar-refractivity contribution is 7.80. The highest BCUT2D eigenvalue weighted by Gasteiger charge is 2.41. The first kappa shape index (κ1) is 19.5. The molecule has 0 amide bonds. The minimum Gasteiger partial charge on any atom is -0.352 e. The van der Waals surface area contributed by atoms with Gasteiger partial charge in [-0.15, -0.1) is 0 Å². The number of pyridine rings is 2. The van der Waals surface area contributed by atoms with Crippen LogP contribution in [-0.4, -0.2) is 24.5 Å². The molecule has 5 nitrogen and oxygen atoms in total. The topological polar surface area (TPSA) is 46.0 Å². The zero-order valence-corrected chi connectivity index (χ0v) is 17.8. The Morgan fingerprint density at radius 2 is 1.58 bits per heavy atom. The van der Waals surface area contributed by atoms with Gasteiger partial charge in [-0.25, -0.2) is 0 Å². The first-order valence-corrected chi connectivity index (χ1v) is 10.8. The van der Waals surface area contributed by atoms with Crippen molar-refractivity contribution in [1.82, 2.24) is 24.8 Å². The third-order valence-electron chi connectivity index (χ3n) is 5.62. The van der Waals surface area contributed by atoms with Gasteiger partial charge in [-0.1, -0.05) is 42.5 Å². The van der Waals surface area contributed by atoms with Gasteiger partial charge in [0, 0.05) is 30.8 Å². The van der Waals surface area contributed by atoms with Gasteiger partial charge in [0.05, 0.1) is 30.0 Å². The van der Waals surface area contributed by atoms with Gasteiger partial charge in [-0.05, 0) is 54.2 Å². The Bertz CT molecular complexity index is 1140. The summed E-state index contributed by atoms with van der Waals surface area (Å²) in [6, 6.07) is 26.8. The van der Waals surface area contributed by atoms with E-state index >= 15 is 0 Å². The summed E-state index contributed by atoms with van der Waals surface area (Å²) in [6.07, 6.45) is 5.79. The molecule has 6 heteroatoms. The van der Waals surface area contributed by atoms with Gasteiger partial charge in [0.15, 0.2) is 5.11 Å². The zero-order valence-electron chi connectivity index (χ0n) is 17.0. The second-order valence-corrected chi connectivity index (χ2v) is 8.01. The third kappa shape index (κ3) is 4.07. The highest BCUT2D eigenvalue weighted by Crippen LogP contribution is 2.39. The molecule has 1 aliphatic heterocycles. The Labute approximate surface area is 187 Å². The van der Waals surface area contributed by atoms with Crippen molar-refractivity contribution in [3.05, 3.63) is 120 Å². The molecule has 31 heavy (non-hydrogen) atoms. The van der Waals surface area contributed by atoms with Crippen molar-refractivity contribution in [2.45, 2.75) is 25.2 Å². The summed E-state index contributed by atoms with van der Waals surface area (Å²) in [7, 11) is 0. The molecule has 0 spiro atoms. The van der Waals surface area contributed by atoms with E-state index in [2.05, 4.69) is 79.5 Å². The van der Waals surface area contributed by atoms with Gasteiger partial charge < -0.3 is 14.8 Å². The molecule has 1 N–H and O–H groups in total. The van der Waals surface area contributed by atoms with Crippen molar-refractivity contribution >= 4 is 17.3 Å². The van der Waals surface area contributed by atoms with Gasteiger partial charge in [0.1, 0.15) is 0 Å². The molecule has 1 aromatic carbocycles. The number of nitrogens with zero attached hydrogens (tertiary/aromatic N) is 4. The van der Waals surface area contributed by atoms with Gasteiger partial charge >= 0.3 is 0 Å². The summed E-state index contributed by atoms with van der Waals surface area (Å²) in [5.74, 6) is 0. The quantitative estimate of drug-likeness (QED) is 0.461. The van der Waals surface area contributed by atoms with Crippen molar-refractivity contribution in [2.24, 2.45) is 0 Å². The zero-order chi connectivity index (χ0) is 21.0. The SMILES string of the molecule is S=C1N[C@H](c2ccccn2)[C@@H](c2cccn2Cc2ccccn2)N1Cc1ccccc1. The lowest BCUT2D eigenvalue weighted by atomic mass is 10.0. The summed E-state index contributed by atoms with van der Waals surface area (Å²) < 4.78 is 2.26. The molecular formula is C25H23N5S. The summed E-state index contributed by atoms with van der Waals surface area (Å²) in [5, 5.41) is 4.28. The monoisotopic (exact) mass is 425 g/mol. The second-order valence-electron chi connectivity index (χ2n) is 7.62. The molecule has 2 atom stereocenters. The Balaban J connectivity index is 1.54. The molecule has 1 fully saturated rings. The van der Waals surface area contributed by atoms with Crippen molar-refractivity contribution in [3.8, 4) is 0 Å². The minimum absolute atomic E-state index is 0.0151. The van der Waals surface area contributed by atoms with Crippen LogP contribution in [0.4, 0.5) is 0 Å². The van der Waals surface area contributed by atoms with E-state index in [1.165, 1.54) is 11.3 Å². The predicted octanol–water partition coefficient (Wildman–Crippen LogP) is 4.50. The summed E-state index contributed by atoms with van der Waals surface area (Å²) in [6.45, 7) is 1.44. The van der Waals surface area contributed by atoms with Crippen LogP contribution in [0.3, 0.4) is 0 Å². The van der Waals surface area contributed by atoms with Gasteiger partial charge in [-0.2, -0.15) is 0 Å². The largest absolute Gasteiger partial charge is 0.352 e. The van der Waals surface area contributed by atoms with Crippen LogP contribution < -0.4 is 5.32 Å². The van der Waals surface area contributed by atoms with Crippen molar-refractivity contribution in [2.75, 3.05) is 0 Å². The van der Waals surface area contributed by atoms with Crippen LogP contribution in [0.1, 0.15) is 34.7 Å². The maximum Gasteiger partial charge on any atom is 0.170 e. The number of hydrogen-bond acceptors (Lipinski definition) is 3. The van der Waals surface area contributed by atoms with E-state index in [1.54, 1.807) is 0 Å². The van der Waals surface area contributed by atoms with E-state index in [9.17, 15) is 0 Å². The lowest BCUT2D eigenvalue weighted by Crippen LogP contribution is -2.30. The van der Waals surface area contributed by atoms with Crippen LogP contribution in [0.5, 0.6) is 0 Å². The van der Waals surface area contributed by atoms with Crippen LogP contribution >= 0.6 is 12.2 Å². The van der Waals surface area contributed by atoms with E-state index in [1.807, 2.05) is 42.7 Å². The maximum atomic E-state index is 5.81. The number of hydrogen-bond donors (Lipinski definition) is 1. The molecule has 5 rings (SSSR count). The first-order valence-electron chi connectivity index (χ1n) is 10.4. The van der Waals surface area contributed by atoms with E-state index in [0.717, 1.165) is 23.0 Å². The summed E-state index contributed by atoms with van der Waals surface area (Å²) >= 11 is 5.81. The molecule has 0 saturated carbocycles.